The molecular weight excluding hydrogens is 214 g/mol. The molecule has 15 heavy (non-hydrogen) atoms. The van der Waals surface area contributed by atoms with Crippen molar-refractivity contribution in [2.24, 2.45) is 5.73 Å². The summed E-state index contributed by atoms with van der Waals surface area (Å²) in [5.74, 6) is 0.00984. The van der Waals surface area contributed by atoms with Crippen LogP contribution < -0.4 is 5.73 Å². The standard InChI is InChI=1S/C10H21NO3S/c1-3-5-9(11)8-10(12)6-7-15(13,14)4-2/h9H,3-8,11H2,1-2H3. The Bertz CT molecular complexity index is 285. The molecule has 0 aromatic rings. The Morgan fingerprint density at radius 2 is 1.93 bits per heavy atom. The van der Waals surface area contributed by atoms with Gasteiger partial charge in [0, 0.05) is 24.6 Å². The Hall–Kier alpha value is -0.420. The molecule has 0 aliphatic heterocycles. The van der Waals surface area contributed by atoms with E-state index in [-0.39, 0.29) is 29.8 Å². The summed E-state index contributed by atoms with van der Waals surface area (Å²) in [4.78, 5) is 11.3. The van der Waals surface area contributed by atoms with E-state index < -0.39 is 9.84 Å². The summed E-state index contributed by atoms with van der Waals surface area (Å²) in [6, 6.07) is -0.119. The molecule has 0 rings (SSSR count). The van der Waals surface area contributed by atoms with Crippen LogP contribution in [0.2, 0.25) is 0 Å². The van der Waals surface area contributed by atoms with Crippen LogP contribution in [0.3, 0.4) is 0 Å². The summed E-state index contributed by atoms with van der Waals surface area (Å²) < 4.78 is 22.3. The third-order valence-electron chi connectivity index (χ3n) is 2.28. The van der Waals surface area contributed by atoms with E-state index in [4.69, 9.17) is 5.73 Å². The predicted octanol–water partition coefficient (Wildman–Crippen LogP) is 0.898. The number of hydrogen-bond donors (Lipinski definition) is 1. The van der Waals surface area contributed by atoms with Crippen LogP contribution in [-0.4, -0.2) is 31.7 Å². The predicted molar refractivity (Wildman–Crippen MR) is 61.5 cm³/mol. The highest BCUT2D eigenvalue weighted by Crippen LogP contribution is 2.03. The first-order valence-electron chi connectivity index (χ1n) is 5.39. The lowest BCUT2D eigenvalue weighted by atomic mass is 10.1. The Balaban J connectivity index is 3.85. The Labute approximate surface area is 92.2 Å². The SMILES string of the molecule is CCCC(N)CC(=O)CCS(=O)(=O)CC. The number of hydrogen-bond acceptors (Lipinski definition) is 4. The molecule has 0 aliphatic carbocycles. The average molecular weight is 235 g/mol. The van der Waals surface area contributed by atoms with Gasteiger partial charge in [-0.1, -0.05) is 20.3 Å². The maximum Gasteiger partial charge on any atom is 0.150 e. The second-order valence-corrected chi connectivity index (χ2v) is 6.25. The molecular formula is C10H21NO3S. The molecule has 2 N–H and O–H groups in total. The third-order valence-corrected chi connectivity index (χ3v) is 3.99. The number of nitrogens with two attached hydrogens (primary N) is 1. The van der Waals surface area contributed by atoms with Crippen molar-refractivity contribution < 1.29 is 13.2 Å². The molecule has 0 bridgehead atoms. The van der Waals surface area contributed by atoms with E-state index >= 15 is 0 Å². The molecule has 0 radical (unpaired) electrons. The van der Waals surface area contributed by atoms with Crippen molar-refractivity contribution in [1.82, 2.24) is 0 Å². The molecule has 90 valence electrons. The lowest BCUT2D eigenvalue weighted by Gasteiger charge is -2.08. The molecule has 0 fully saturated rings. The fourth-order valence-corrected chi connectivity index (χ4v) is 2.11. The topological polar surface area (TPSA) is 77.2 Å². The van der Waals surface area contributed by atoms with Crippen LogP contribution in [0.1, 0.15) is 39.5 Å². The van der Waals surface area contributed by atoms with E-state index in [9.17, 15) is 13.2 Å². The fraction of sp³-hybridized carbons (Fsp3) is 0.900. The van der Waals surface area contributed by atoms with E-state index in [0.29, 0.717) is 6.42 Å². The van der Waals surface area contributed by atoms with Gasteiger partial charge in [-0.2, -0.15) is 0 Å². The van der Waals surface area contributed by atoms with Crippen molar-refractivity contribution in [3.63, 3.8) is 0 Å². The molecule has 0 amide bonds. The summed E-state index contributed by atoms with van der Waals surface area (Å²) in [6.07, 6.45) is 2.16. The number of ketones is 1. The number of sulfone groups is 1. The van der Waals surface area contributed by atoms with Crippen LogP contribution in [0.4, 0.5) is 0 Å². The van der Waals surface area contributed by atoms with Crippen LogP contribution in [0.15, 0.2) is 0 Å². The summed E-state index contributed by atoms with van der Waals surface area (Å²) >= 11 is 0. The van der Waals surface area contributed by atoms with Gasteiger partial charge in [-0.25, -0.2) is 8.42 Å². The number of carbonyl (C=O) groups is 1. The lowest BCUT2D eigenvalue weighted by Crippen LogP contribution is -2.24. The van der Waals surface area contributed by atoms with Crippen molar-refractivity contribution in [2.45, 2.75) is 45.6 Å². The van der Waals surface area contributed by atoms with Crippen LogP contribution >= 0.6 is 0 Å². The van der Waals surface area contributed by atoms with Crippen LogP contribution in [0.25, 0.3) is 0 Å². The first-order chi connectivity index (χ1) is 6.91. The van der Waals surface area contributed by atoms with Crippen LogP contribution in [0.5, 0.6) is 0 Å². The summed E-state index contributed by atoms with van der Waals surface area (Å²) in [5.41, 5.74) is 5.69. The van der Waals surface area contributed by atoms with E-state index in [0.717, 1.165) is 12.8 Å². The van der Waals surface area contributed by atoms with Gasteiger partial charge in [-0.05, 0) is 6.42 Å². The Kier molecular flexibility index (Phi) is 6.76. The first kappa shape index (κ1) is 14.6. The molecule has 5 heteroatoms. The molecule has 0 saturated heterocycles. The minimum absolute atomic E-state index is 0.0405. The smallest absolute Gasteiger partial charge is 0.150 e. The third kappa shape index (κ3) is 7.50. The molecule has 0 saturated carbocycles. The van der Waals surface area contributed by atoms with Gasteiger partial charge in [0.1, 0.15) is 15.6 Å². The van der Waals surface area contributed by atoms with Gasteiger partial charge in [-0.3, -0.25) is 4.79 Å². The monoisotopic (exact) mass is 235 g/mol. The highest BCUT2D eigenvalue weighted by molar-refractivity contribution is 7.91. The minimum atomic E-state index is -3.02. The van der Waals surface area contributed by atoms with Crippen molar-refractivity contribution in [2.75, 3.05) is 11.5 Å². The molecule has 0 heterocycles. The molecule has 4 nitrogen and oxygen atoms in total. The Morgan fingerprint density at radius 3 is 2.40 bits per heavy atom. The first-order valence-corrected chi connectivity index (χ1v) is 7.21. The van der Waals surface area contributed by atoms with E-state index in [1.54, 1.807) is 6.92 Å². The largest absolute Gasteiger partial charge is 0.327 e. The molecule has 1 unspecified atom stereocenters. The summed E-state index contributed by atoms with van der Waals surface area (Å²) in [5, 5.41) is 0. The zero-order valence-electron chi connectivity index (χ0n) is 9.53. The van der Waals surface area contributed by atoms with Gasteiger partial charge >= 0.3 is 0 Å². The number of rotatable bonds is 8. The molecule has 1 atom stereocenters. The molecule has 0 aromatic heterocycles. The van der Waals surface area contributed by atoms with Crippen LogP contribution in [-0.2, 0) is 14.6 Å². The fourth-order valence-electron chi connectivity index (χ4n) is 1.28. The van der Waals surface area contributed by atoms with Gasteiger partial charge in [-0.15, -0.1) is 0 Å². The average Bonchev–Trinajstić information content (AvgIpc) is 2.15. The van der Waals surface area contributed by atoms with E-state index in [1.165, 1.54) is 0 Å². The highest BCUT2D eigenvalue weighted by atomic mass is 32.2. The zero-order chi connectivity index (χ0) is 11.9. The second-order valence-electron chi connectivity index (χ2n) is 3.78. The van der Waals surface area contributed by atoms with Gasteiger partial charge in [0.05, 0.1) is 5.75 Å². The quantitative estimate of drug-likeness (QED) is 0.678. The van der Waals surface area contributed by atoms with Gasteiger partial charge < -0.3 is 5.73 Å². The number of carbonyl (C=O) groups excluding carboxylic acids is 1. The Morgan fingerprint density at radius 1 is 1.33 bits per heavy atom. The minimum Gasteiger partial charge on any atom is -0.327 e. The van der Waals surface area contributed by atoms with Gasteiger partial charge in [0.15, 0.2) is 0 Å². The summed E-state index contributed by atoms with van der Waals surface area (Å²) in [7, 11) is -3.02. The molecule has 0 aromatic carbocycles. The normalized spacial score (nSPS) is 13.8. The lowest BCUT2D eigenvalue weighted by molar-refractivity contribution is -0.119. The van der Waals surface area contributed by atoms with Gasteiger partial charge in [0.2, 0.25) is 0 Å². The molecule has 0 spiro atoms. The zero-order valence-corrected chi connectivity index (χ0v) is 10.3. The maximum absolute atomic E-state index is 11.3. The van der Waals surface area contributed by atoms with Crippen molar-refractivity contribution in [3.05, 3.63) is 0 Å². The molecule has 0 aliphatic rings. The van der Waals surface area contributed by atoms with E-state index in [2.05, 4.69) is 0 Å². The van der Waals surface area contributed by atoms with Crippen molar-refractivity contribution >= 4 is 15.6 Å². The van der Waals surface area contributed by atoms with Gasteiger partial charge in [0.25, 0.3) is 0 Å². The van der Waals surface area contributed by atoms with E-state index in [1.807, 2.05) is 6.92 Å². The number of Topliss-reactive ketones (excluding diaryl/α,β-unsaturated/α-hetero) is 1. The second kappa shape index (κ2) is 6.95. The van der Waals surface area contributed by atoms with Crippen molar-refractivity contribution in [1.29, 1.82) is 0 Å². The highest BCUT2D eigenvalue weighted by Gasteiger charge is 2.13. The summed E-state index contributed by atoms with van der Waals surface area (Å²) in [6.45, 7) is 3.59. The maximum atomic E-state index is 11.3. The van der Waals surface area contributed by atoms with Crippen LogP contribution in [0, 0.1) is 0 Å². The van der Waals surface area contributed by atoms with Crippen molar-refractivity contribution in [3.8, 4) is 0 Å².